The van der Waals surface area contributed by atoms with E-state index in [1.165, 1.54) is 0 Å². The van der Waals surface area contributed by atoms with Crippen LogP contribution in [0.25, 0.3) is 0 Å². The Bertz CT molecular complexity index is 420. The Hall–Kier alpha value is -0.320. The van der Waals surface area contributed by atoms with Gasteiger partial charge < -0.3 is 14.9 Å². The lowest BCUT2D eigenvalue weighted by molar-refractivity contribution is 0.113. The molecular formula is C14H20Cl2N2O. The molecular weight excluding hydrogens is 283 g/mol. The first kappa shape index (κ1) is 15.1. The van der Waals surface area contributed by atoms with Gasteiger partial charge in [0, 0.05) is 38.3 Å². The Kier molecular flexibility index (Phi) is 5.48. The van der Waals surface area contributed by atoms with Gasteiger partial charge in [0.1, 0.15) is 0 Å². The van der Waals surface area contributed by atoms with E-state index in [0.29, 0.717) is 16.5 Å². The number of benzene rings is 1. The van der Waals surface area contributed by atoms with Crippen molar-refractivity contribution in [1.82, 2.24) is 9.80 Å². The first-order valence-corrected chi connectivity index (χ1v) is 7.36. The van der Waals surface area contributed by atoms with Crippen LogP contribution in [0, 0.1) is 0 Å². The van der Waals surface area contributed by atoms with Crippen LogP contribution >= 0.6 is 23.2 Å². The Balaban J connectivity index is 1.87. The highest BCUT2D eigenvalue weighted by Gasteiger charge is 2.17. The van der Waals surface area contributed by atoms with Crippen molar-refractivity contribution >= 4 is 23.2 Å². The number of halogens is 2. The molecule has 5 heteroatoms. The summed E-state index contributed by atoms with van der Waals surface area (Å²) in [6.45, 7) is 5.19. The van der Waals surface area contributed by atoms with Crippen molar-refractivity contribution in [3.8, 4) is 0 Å². The van der Waals surface area contributed by atoms with Crippen molar-refractivity contribution < 1.29 is 5.11 Å². The molecule has 1 unspecified atom stereocenters. The zero-order chi connectivity index (χ0) is 13.8. The van der Waals surface area contributed by atoms with E-state index in [2.05, 4.69) is 16.8 Å². The van der Waals surface area contributed by atoms with Gasteiger partial charge in [0.25, 0.3) is 0 Å². The van der Waals surface area contributed by atoms with Gasteiger partial charge in [-0.15, -0.1) is 0 Å². The van der Waals surface area contributed by atoms with Crippen molar-refractivity contribution in [3.05, 3.63) is 33.8 Å². The lowest BCUT2D eigenvalue weighted by Crippen LogP contribution is -2.44. The fourth-order valence-electron chi connectivity index (χ4n) is 2.31. The number of aliphatic hydroxyl groups excluding tert-OH is 1. The van der Waals surface area contributed by atoms with Crippen LogP contribution in [0.1, 0.15) is 18.1 Å². The molecule has 1 aromatic carbocycles. The van der Waals surface area contributed by atoms with Gasteiger partial charge in [-0.25, -0.2) is 0 Å². The molecule has 1 aliphatic rings. The van der Waals surface area contributed by atoms with E-state index >= 15 is 0 Å². The molecule has 0 aromatic heterocycles. The van der Waals surface area contributed by atoms with Gasteiger partial charge in [-0.2, -0.15) is 0 Å². The second kappa shape index (κ2) is 6.91. The highest BCUT2D eigenvalue weighted by Crippen LogP contribution is 2.31. The fourth-order valence-corrected chi connectivity index (χ4v) is 2.74. The number of piperazine rings is 1. The SMILES string of the molecule is CN1CCN(CCC(O)c2cccc(Cl)c2Cl)CC1. The average Bonchev–Trinajstić information content (AvgIpc) is 2.41. The van der Waals surface area contributed by atoms with E-state index in [1.54, 1.807) is 6.07 Å². The van der Waals surface area contributed by atoms with Crippen LogP contribution in [0.2, 0.25) is 10.0 Å². The summed E-state index contributed by atoms with van der Waals surface area (Å²) in [6, 6.07) is 5.39. The summed E-state index contributed by atoms with van der Waals surface area (Å²) in [7, 11) is 2.14. The molecule has 106 valence electrons. The average molecular weight is 303 g/mol. The van der Waals surface area contributed by atoms with E-state index < -0.39 is 6.10 Å². The zero-order valence-electron chi connectivity index (χ0n) is 11.1. The Morgan fingerprint density at radius 1 is 1.21 bits per heavy atom. The van der Waals surface area contributed by atoms with E-state index in [9.17, 15) is 5.11 Å². The molecule has 3 nitrogen and oxygen atoms in total. The third-order valence-electron chi connectivity index (χ3n) is 3.66. The molecule has 0 amide bonds. The topological polar surface area (TPSA) is 26.7 Å². The molecule has 0 bridgehead atoms. The lowest BCUT2D eigenvalue weighted by Gasteiger charge is -2.32. The molecule has 19 heavy (non-hydrogen) atoms. The van der Waals surface area contributed by atoms with E-state index in [4.69, 9.17) is 23.2 Å². The number of likely N-dealkylation sites (N-methyl/N-ethyl adjacent to an activating group) is 1. The van der Waals surface area contributed by atoms with Crippen LogP contribution in [-0.4, -0.2) is 54.7 Å². The van der Waals surface area contributed by atoms with Gasteiger partial charge >= 0.3 is 0 Å². The van der Waals surface area contributed by atoms with Gasteiger partial charge in [0.15, 0.2) is 0 Å². The summed E-state index contributed by atoms with van der Waals surface area (Å²) >= 11 is 12.1. The normalized spacial score (nSPS) is 19.6. The first-order chi connectivity index (χ1) is 9.08. The molecule has 0 radical (unpaired) electrons. The Morgan fingerprint density at radius 3 is 2.58 bits per heavy atom. The van der Waals surface area contributed by atoms with Gasteiger partial charge in [0.2, 0.25) is 0 Å². The number of rotatable bonds is 4. The third-order valence-corrected chi connectivity index (χ3v) is 4.49. The summed E-state index contributed by atoms with van der Waals surface area (Å²) in [4.78, 5) is 4.70. The summed E-state index contributed by atoms with van der Waals surface area (Å²) < 4.78 is 0. The third kappa shape index (κ3) is 4.07. The van der Waals surface area contributed by atoms with E-state index in [1.807, 2.05) is 12.1 Å². The maximum absolute atomic E-state index is 10.2. The predicted molar refractivity (Wildman–Crippen MR) is 80.0 cm³/mol. The van der Waals surface area contributed by atoms with Crippen LogP contribution in [0.4, 0.5) is 0 Å². The number of hydrogen-bond acceptors (Lipinski definition) is 3. The summed E-state index contributed by atoms with van der Waals surface area (Å²) in [5, 5.41) is 11.2. The minimum absolute atomic E-state index is 0.468. The highest BCUT2D eigenvalue weighted by molar-refractivity contribution is 6.42. The smallest absolute Gasteiger partial charge is 0.0817 e. The standard InChI is InChI=1S/C14H20Cl2N2O/c1-17-7-9-18(10-8-17)6-5-13(19)11-3-2-4-12(15)14(11)16/h2-4,13,19H,5-10H2,1H3. The van der Waals surface area contributed by atoms with Gasteiger partial charge in [0.05, 0.1) is 16.1 Å². The van der Waals surface area contributed by atoms with E-state index in [0.717, 1.165) is 38.3 Å². The van der Waals surface area contributed by atoms with Crippen LogP contribution in [0.3, 0.4) is 0 Å². The van der Waals surface area contributed by atoms with Crippen LogP contribution in [0.5, 0.6) is 0 Å². The summed E-state index contributed by atoms with van der Waals surface area (Å²) in [5.41, 5.74) is 0.725. The highest BCUT2D eigenvalue weighted by atomic mass is 35.5. The molecule has 0 spiro atoms. The van der Waals surface area contributed by atoms with Crippen molar-refractivity contribution in [2.45, 2.75) is 12.5 Å². The summed E-state index contributed by atoms with van der Waals surface area (Å²) in [5.74, 6) is 0. The van der Waals surface area contributed by atoms with Gasteiger partial charge in [-0.05, 0) is 19.5 Å². The van der Waals surface area contributed by atoms with Crippen LogP contribution in [-0.2, 0) is 0 Å². The Labute approximate surface area is 124 Å². The minimum Gasteiger partial charge on any atom is -0.388 e. The summed E-state index contributed by atoms with van der Waals surface area (Å²) in [6.07, 6.45) is 0.134. The van der Waals surface area contributed by atoms with Crippen molar-refractivity contribution in [1.29, 1.82) is 0 Å². The van der Waals surface area contributed by atoms with Gasteiger partial charge in [-0.1, -0.05) is 35.3 Å². The quantitative estimate of drug-likeness (QED) is 0.926. The van der Waals surface area contributed by atoms with Gasteiger partial charge in [-0.3, -0.25) is 0 Å². The van der Waals surface area contributed by atoms with Crippen LogP contribution < -0.4 is 0 Å². The minimum atomic E-state index is -0.550. The number of nitrogens with zero attached hydrogens (tertiary/aromatic N) is 2. The first-order valence-electron chi connectivity index (χ1n) is 6.61. The van der Waals surface area contributed by atoms with E-state index in [-0.39, 0.29) is 0 Å². The maximum Gasteiger partial charge on any atom is 0.0817 e. The largest absolute Gasteiger partial charge is 0.388 e. The molecule has 1 saturated heterocycles. The second-order valence-corrected chi connectivity index (χ2v) is 5.88. The monoisotopic (exact) mass is 302 g/mol. The zero-order valence-corrected chi connectivity index (χ0v) is 12.7. The fraction of sp³-hybridized carbons (Fsp3) is 0.571. The molecule has 2 rings (SSSR count). The maximum atomic E-state index is 10.2. The molecule has 1 aliphatic heterocycles. The molecule has 1 atom stereocenters. The number of aliphatic hydroxyl groups is 1. The van der Waals surface area contributed by atoms with Crippen molar-refractivity contribution in [2.75, 3.05) is 39.8 Å². The molecule has 1 fully saturated rings. The lowest BCUT2D eigenvalue weighted by atomic mass is 10.1. The molecule has 1 heterocycles. The Morgan fingerprint density at radius 2 is 1.89 bits per heavy atom. The van der Waals surface area contributed by atoms with Crippen molar-refractivity contribution in [3.63, 3.8) is 0 Å². The second-order valence-electron chi connectivity index (χ2n) is 5.09. The molecule has 0 aliphatic carbocycles. The molecule has 0 saturated carbocycles. The molecule has 1 N–H and O–H groups in total. The predicted octanol–water partition coefficient (Wildman–Crippen LogP) is 2.66. The van der Waals surface area contributed by atoms with Crippen molar-refractivity contribution in [2.24, 2.45) is 0 Å². The molecule has 1 aromatic rings. The number of hydrogen-bond donors (Lipinski definition) is 1. The van der Waals surface area contributed by atoms with Crippen LogP contribution in [0.15, 0.2) is 18.2 Å².